The standard InChI is InChI=1S/C20H28O2.CH5N/c1-18-8-2-3-17(18)20(22)10-6-13-4-5-14(21)11-19(13)12-16(19)15(20)7-9-18;1-2/h2,7-8,13-14,16-17,21-22H,3-6,9-12H2,1H3;2H2,1H3/t13?,14?,16?,17?,18?,19?,20-;/m1./s1. The highest BCUT2D eigenvalue weighted by Gasteiger charge is 2.68. The molecule has 0 amide bonds. The molecule has 6 unspecified atom stereocenters. The topological polar surface area (TPSA) is 66.5 Å². The van der Waals surface area contributed by atoms with Gasteiger partial charge in [-0.1, -0.05) is 25.2 Å². The van der Waals surface area contributed by atoms with Gasteiger partial charge in [-0.3, -0.25) is 0 Å². The zero-order valence-corrected chi connectivity index (χ0v) is 15.2. The van der Waals surface area contributed by atoms with Crippen LogP contribution in [0.2, 0.25) is 0 Å². The molecule has 5 aliphatic rings. The first-order chi connectivity index (χ1) is 11.5. The molecule has 134 valence electrons. The summed E-state index contributed by atoms with van der Waals surface area (Å²) in [5.74, 6) is 1.67. The third-order valence-corrected chi connectivity index (χ3v) is 8.15. The highest BCUT2D eigenvalue weighted by molar-refractivity contribution is 5.39. The molecular weight excluding hydrogens is 298 g/mol. The molecule has 0 aliphatic heterocycles. The van der Waals surface area contributed by atoms with Crippen molar-refractivity contribution < 1.29 is 10.2 Å². The van der Waals surface area contributed by atoms with Gasteiger partial charge >= 0.3 is 0 Å². The number of rotatable bonds is 0. The number of aliphatic hydroxyl groups is 2. The molecule has 5 rings (SSSR count). The molecule has 3 fully saturated rings. The Morgan fingerprint density at radius 3 is 2.75 bits per heavy atom. The van der Waals surface area contributed by atoms with Crippen LogP contribution in [0, 0.1) is 28.6 Å². The van der Waals surface area contributed by atoms with Gasteiger partial charge in [0.25, 0.3) is 0 Å². The summed E-state index contributed by atoms with van der Waals surface area (Å²) in [6.45, 7) is 2.33. The fourth-order valence-electron chi connectivity index (χ4n) is 6.91. The van der Waals surface area contributed by atoms with Gasteiger partial charge in [0.1, 0.15) is 0 Å². The number of hydrogen-bond donors (Lipinski definition) is 3. The van der Waals surface area contributed by atoms with E-state index in [4.69, 9.17) is 0 Å². The number of fused-ring (bicyclic) bond motifs is 4. The summed E-state index contributed by atoms with van der Waals surface area (Å²) in [4.78, 5) is 0. The molecule has 4 N–H and O–H groups in total. The Morgan fingerprint density at radius 1 is 1.17 bits per heavy atom. The number of aliphatic hydroxyl groups excluding tert-OH is 1. The van der Waals surface area contributed by atoms with Crippen LogP contribution in [0.1, 0.15) is 58.3 Å². The molecule has 0 aromatic rings. The Morgan fingerprint density at radius 2 is 1.96 bits per heavy atom. The van der Waals surface area contributed by atoms with Crippen molar-refractivity contribution in [3.63, 3.8) is 0 Å². The average molecular weight is 332 g/mol. The Labute approximate surface area is 146 Å². The Hall–Kier alpha value is -0.640. The predicted octanol–water partition coefficient (Wildman–Crippen LogP) is 3.17. The molecule has 3 nitrogen and oxygen atoms in total. The summed E-state index contributed by atoms with van der Waals surface area (Å²) >= 11 is 0. The van der Waals surface area contributed by atoms with Crippen molar-refractivity contribution in [1.29, 1.82) is 0 Å². The van der Waals surface area contributed by atoms with E-state index in [9.17, 15) is 10.2 Å². The molecule has 0 heterocycles. The predicted molar refractivity (Wildman–Crippen MR) is 96.2 cm³/mol. The average Bonchev–Trinajstić information content (AvgIpc) is 3.10. The molecule has 3 saturated carbocycles. The molecule has 0 saturated heterocycles. The van der Waals surface area contributed by atoms with E-state index in [1.807, 2.05) is 0 Å². The van der Waals surface area contributed by atoms with Crippen LogP contribution < -0.4 is 5.73 Å². The second kappa shape index (κ2) is 5.43. The number of hydrogen-bond acceptors (Lipinski definition) is 3. The first-order valence-electron chi connectivity index (χ1n) is 9.84. The lowest BCUT2D eigenvalue weighted by Gasteiger charge is -2.48. The number of allylic oxidation sites excluding steroid dienone is 3. The van der Waals surface area contributed by atoms with Gasteiger partial charge in [0.05, 0.1) is 11.7 Å². The van der Waals surface area contributed by atoms with E-state index in [-0.39, 0.29) is 11.5 Å². The van der Waals surface area contributed by atoms with Crippen LogP contribution in [-0.2, 0) is 0 Å². The summed E-state index contributed by atoms with van der Waals surface area (Å²) in [5, 5.41) is 21.9. The summed E-state index contributed by atoms with van der Waals surface area (Å²) < 4.78 is 0. The van der Waals surface area contributed by atoms with Crippen molar-refractivity contribution in [2.75, 3.05) is 7.05 Å². The van der Waals surface area contributed by atoms with Crippen molar-refractivity contribution in [3.8, 4) is 0 Å². The minimum absolute atomic E-state index is 0.102. The van der Waals surface area contributed by atoms with E-state index in [0.29, 0.717) is 17.3 Å². The largest absolute Gasteiger partial charge is 0.393 e. The van der Waals surface area contributed by atoms with Crippen molar-refractivity contribution in [2.45, 2.75) is 70.0 Å². The zero-order chi connectivity index (χ0) is 17.2. The van der Waals surface area contributed by atoms with Gasteiger partial charge in [-0.15, -0.1) is 0 Å². The van der Waals surface area contributed by atoms with Crippen LogP contribution in [-0.4, -0.2) is 29.0 Å². The highest BCUT2D eigenvalue weighted by atomic mass is 16.3. The minimum Gasteiger partial charge on any atom is -0.393 e. The minimum atomic E-state index is -0.576. The van der Waals surface area contributed by atoms with Gasteiger partial charge in [0.15, 0.2) is 0 Å². The van der Waals surface area contributed by atoms with E-state index >= 15 is 0 Å². The molecule has 0 aromatic carbocycles. The van der Waals surface area contributed by atoms with Crippen LogP contribution in [0.3, 0.4) is 0 Å². The molecular formula is C21H33NO2. The van der Waals surface area contributed by atoms with Gasteiger partial charge in [0, 0.05) is 5.92 Å². The van der Waals surface area contributed by atoms with E-state index in [0.717, 1.165) is 44.4 Å². The zero-order valence-electron chi connectivity index (χ0n) is 15.2. The van der Waals surface area contributed by atoms with Crippen molar-refractivity contribution in [1.82, 2.24) is 0 Å². The molecule has 24 heavy (non-hydrogen) atoms. The molecule has 5 aliphatic carbocycles. The lowest BCUT2D eigenvalue weighted by Crippen LogP contribution is -2.48. The second-order valence-electron chi connectivity index (χ2n) is 9.15. The summed E-state index contributed by atoms with van der Waals surface area (Å²) in [6, 6.07) is 0. The van der Waals surface area contributed by atoms with Crippen LogP contribution in [0.15, 0.2) is 23.8 Å². The van der Waals surface area contributed by atoms with E-state index in [1.165, 1.54) is 25.5 Å². The Kier molecular flexibility index (Phi) is 3.80. The first kappa shape index (κ1) is 16.8. The van der Waals surface area contributed by atoms with Crippen LogP contribution >= 0.6 is 0 Å². The summed E-state index contributed by atoms with van der Waals surface area (Å²) in [6.07, 6.45) is 15.5. The quantitative estimate of drug-likeness (QED) is 0.597. The van der Waals surface area contributed by atoms with E-state index in [1.54, 1.807) is 0 Å². The van der Waals surface area contributed by atoms with Crippen molar-refractivity contribution in [2.24, 2.45) is 34.3 Å². The summed E-state index contributed by atoms with van der Waals surface area (Å²) in [5.41, 5.74) is 5.80. The molecule has 0 aromatic heterocycles. The summed E-state index contributed by atoms with van der Waals surface area (Å²) in [7, 11) is 1.50. The third kappa shape index (κ3) is 2.07. The molecule has 1 spiro atoms. The monoisotopic (exact) mass is 331 g/mol. The second-order valence-corrected chi connectivity index (χ2v) is 9.15. The molecule has 7 atom stereocenters. The van der Waals surface area contributed by atoms with Gasteiger partial charge in [-0.05, 0) is 86.7 Å². The van der Waals surface area contributed by atoms with Gasteiger partial charge < -0.3 is 15.9 Å². The Bertz CT molecular complexity index is 584. The Balaban J connectivity index is 0.000000704. The van der Waals surface area contributed by atoms with E-state index < -0.39 is 5.60 Å². The maximum Gasteiger partial charge on any atom is 0.0899 e. The van der Waals surface area contributed by atoms with Gasteiger partial charge in [-0.2, -0.15) is 0 Å². The number of nitrogens with two attached hydrogens (primary N) is 1. The lowest BCUT2D eigenvalue weighted by atomic mass is 9.60. The van der Waals surface area contributed by atoms with Crippen LogP contribution in [0.4, 0.5) is 0 Å². The van der Waals surface area contributed by atoms with Gasteiger partial charge in [0.2, 0.25) is 0 Å². The fourth-order valence-corrected chi connectivity index (χ4v) is 6.91. The van der Waals surface area contributed by atoms with Crippen molar-refractivity contribution >= 4 is 0 Å². The molecule has 3 heteroatoms. The third-order valence-electron chi connectivity index (χ3n) is 8.15. The lowest BCUT2D eigenvalue weighted by molar-refractivity contribution is -0.0411. The maximum atomic E-state index is 11.7. The van der Waals surface area contributed by atoms with Gasteiger partial charge in [-0.25, -0.2) is 0 Å². The maximum absolute atomic E-state index is 11.7. The highest BCUT2D eigenvalue weighted by Crippen LogP contribution is 2.73. The van der Waals surface area contributed by atoms with Crippen LogP contribution in [0.5, 0.6) is 0 Å². The van der Waals surface area contributed by atoms with Crippen LogP contribution in [0.25, 0.3) is 0 Å². The van der Waals surface area contributed by atoms with E-state index in [2.05, 4.69) is 30.9 Å². The fraction of sp³-hybridized carbons (Fsp3) is 0.810. The molecule has 0 radical (unpaired) electrons. The smallest absolute Gasteiger partial charge is 0.0899 e. The SMILES string of the molecule is CC12C=CCC1[C@@]1(O)CCC3CCC(O)CC34CC4C1=CC2.CN. The molecule has 0 bridgehead atoms. The van der Waals surface area contributed by atoms with Crippen molar-refractivity contribution in [3.05, 3.63) is 23.8 Å². The first-order valence-corrected chi connectivity index (χ1v) is 9.84. The normalized spacial score (nSPS) is 54.1.